The summed E-state index contributed by atoms with van der Waals surface area (Å²) in [6.45, 7) is 2.26. The van der Waals surface area contributed by atoms with Crippen molar-refractivity contribution in [1.82, 2.24) is 20.1 Å². The van der Waals surface area contributed by atoms with Crippen molar-refractivity contribution in [3.63, 3.8) is 0 Å². The first-order chi connectivity index (χ1) is 14.2. The van der Waals surface area contributed by atoms with E-state index >= 15 is 0 Å². The van der Waals surface area contributed by atoms with E-state index in [4.69, 9.17) is 0 Å². The van der Waals surface area contributed by atoms with Crippen molar-refractivity contribution in [2.75, 3.05) is 0 Å². The highest BCUT2D eigenvalue weighted by atomic mass is 16.2. The molecule has 0 aliphatic heterocycles. The SMILES string of the molecule is CCC(=O)n1ccc2cc(-c3ccc(C(=O)NCc4ccnnc4)cc3)ccc21. The van der Waals surface area contributed by atoms with Gasteiger partial charge in [-0.25, -0.2) is 0 Å². The third kappa shape index (κ3) is 3.91. The van der Waals surface area contributed by atoms with Gasteiger partial charge in [0.25, 0.3) is 5.91 Å². The van der Waals surface area contributed by atoms with Crippen LogP contribution in [0.15, 0.2) is 73.2 Å². The molecule has 2 aromatic carbocycles. The van der Waals surface area contributed by atoms with Gasteiger partial charge in [-0.1, -0.05) is 25.1 Å². The summed E-state index contributed by atoms with van der Waals surface area (Å²) in [5.41, 5.74) is 4.44. The summed E-state index contributed by atoms with van der Waals surface area (Å²) >= 11 is 0. The number of rotatable bonds is 5. The van der Waals surface area contributed by atoms with E-state index in [0.29, 0.717) is 18.5 Å². The van der Waals surface area contributed by atoms with Crippen LogP contribution in [0.3, 0.4) is 0 Å². The van der Waals surface area contributed by atoms with Crippen LogP contribution in [0.25, 0.3) is 22.0 Å². The number of benzene rings is 2. The topological polar surface area (TPSA) is 76.9 Å². The molecule has 0 atom stereocenters. The molecule has 0 unspecified atom stereocenters. The van der Waals surface area contributed by atoms with Crippen molar-refractivity contribution in [2.24, 2.45) is 0 Å². The van der Waals surface area contributed by atoms with E-state index in [1.807, 2.05) is 61.7 Å². The zero-order valence-electron chi connectivity index (χ0n) is 16.0. The van der Waals surface area contributed by atoms with E-state index in [-0.39, 0.29) is 11.8 Å². The molecule has 0 saturated carbocycles. The average molecular weight is 384 g/mol. The van der Waals surface area contributed by atoms with Crippen LogP contribution in [0.2, 0.25) is 0 Å². The van der Waals surface area contributed by atoms with Gasteiger partial charge in [-0.3, -0.25) is 14.2 Å². The quantitative estimate of drug-likeness (QED) is 0.562. The van der Waals surface area contributed by atoms with E-state index in [9.17, 15) is 9.59 Å². The number of aromatic nitrogens is 3. The second kappa shape index (κ2) is 8.06. The molecule has 0 aliphatic rings. The van der Waals surface area contributed by atoms with E-state index in [1.54, 1.807) is 17.0 Å². The van der Waals surface area contributed by atoms with Gasteiger partial charge in [-0.2, -0.15) is 10.2 Å². The smallest absolute Gasteiger partial charge is 0.251 e. The average Bonchev–Trinajstić information content (AvgIpc) is 3.21. The van der Waals surface area contributed by atoms with Gasteiger partial charge in [0.05, 0.1) is 11.7 Å². The Kier molecular flexibility index (Phi) is 5.16. The minimum absolute atomic E-state index is 0.0747. The Bertz CT molecular complexity index is 1160. The van der Waals surface area contributed by atoms with Crippen LogP contribution >= 0.6 is 0 Å². The zero-order valence-corrected chi connectivity index (χ0v) is 16.0. The number of hydrogen-bond acceptors (Lipinski definition) is 4. The van der Waals surface area contributed by atoms with Crippen molar-refractivity contribution in [3.05, 3.63) is 84.3 Å². The predicted octanol–water partition coefficient (Wildman–Crippen LogP) is 4.08. The number of amides is 1. The molecule has 0 aliphatic carbocycles. The van der Waals surface area contributed by atoms with Crippen molar-refractivity contribution in [3.8, 4) is 11.1 Å². The van der Waals surface area contributed by atoms with E-state index in [1.165, 1.54) is 0 Å². The van der Waals surface area contributed by atoms with E-state index < -0.39 is 0 Å². The lowest BCUT2D eigenvalue weighted by molar-refractivity contribution is 0.0912. The van der Waals surface area contributed by atoms with Gasteiger partial charge in [0.1, 0.15) is 0 Å². The Morgan fingerprint density at radius 1 is 0.966 bits per heavy atom. The second-order valence-corrected chi connectivity index (χ2v) is 6.72. The summed E-state index contributed by atoms with van der Waals surface area (Å²) in [6, 6.07) is 17.2. The first-order valence-electron chi connectivity index (χ1n) is 9.44. The normalized spacial score (nSPS) is 10.8. The third-order valence-electron chi connectivity index (χ3n) is 4.84. The van der Waals surface area contributed by atoms with Crippen LogP contribution in [0.1, 0.15) is 34.1 Å². The fourth-order valence-electron chi connectivity index (χ4n) is 3.23. The first kappa shape index (κ1) is 18.6. The second-order valence-electron chi connectivity index (χ2n) is 6.72. The van der Waals surface area contributed by atoms with Crippen molar-refractivity contribution >= 4 is 22.7 Å². The summed E-state index contributed by atoms with van der Waals surface area (Å²) in [5.74, 6) is -0.0652. The summed E-state index contributed by atoms with van der Waals surface area (Å²) in [7, 11) is 0. The molecule has 6 nitrogen and oxygen atoms in total. The van der Waals surface area contributed by atoms with Gasteiger partial charge in [0.15, 0.2) is 0 Å². The molecule has 0 radical (unpaired) electrons. The molecule has 144 valence electrons. The fourth-order valence-corrected chi connectivity index (χ4v) is 3.23. The summed E-state index contributed by atoms with van der Waals surface area (Å²) in [5, 5.41) is 11.4. The van der Waals surface area contributed by atoms with Crippen LogP contribution < -0.4 is 5.32 Å². The van der Waals surface area contributed by atoms with Crippen molar-refractivity contribution in [1.29, 1.82) is 0 Å². The lowest BCUT2D eigenvalue weighted by Crippen LogP contribution is -2.22. The number of fused-ring (bicyclic) bond motifs is 1. The minimum atomic E-state index is -0.140. The molecule has 0 spiro atoms. The fraction of sp³-hybridized carbons (Fsp3) is 0.130. The predicted molar refractivity (Wildman–Crippen MR) is 111 cm³/mol. The Labute approximate surface area is 168 Å². The van der Waals surface area contributed by atoms with E-state index in [2.05, 4.69) is 21.6 Å². The molecular weight excluding hydrogens is 364 g/mol. The van der Waals surface area contributed by atoms with Crippen LogP contribution in [-0.4, -0.2) is 26.6 Å². The number of hydrogen-bond donors (Lipinski definition) is 1. The number of nitrogens with zero attached hydrogens (tertiary/aromatic N) is 3. The molecule has 0 fully saturated rings. The highest BCUT2D eigenvalue weighted by Crippen LogP contribution is 2.26. The van der Waals surface area contributed by atoms with E-state index in [0.717, 1.165) is 27.6 Å². The Morgan fingerprint density at radius 3 is 2.48 bits per heavy atom. The Balaban J connectivity index is 1.50. The van der Waals surface area contributed by atoms with Crippen LogP contribution in [0, 0.1) is 0 Å². The molecule has 4 aromatic rings. The molecule has 2 heterocycles. The number of carbonyl (C=O) groups is 2. The molecule has 0 bridgehead atoms. The molecule has 29 heavy (non-hydrogen) atoms. The van der Waals surface area contributed by atoms with Gasteiger partial charge in [-0.15, -0.1) is 0 Å². The largest absolute Gasteiger partial charge is 0.348 e. The van der Waals surface area contributed by atoms with Crippen LogP contribution in [0.4, 0.5) is 0 Å². The maximum atomic E-state index is 12.4. The maximum Gasteiger partial charge on any atom is 0.251 e. The van der Waals surface area contributed by atoms with Gasteiger partial charge in [0, 0.05) is 36.3 Å². The molecule has 4 rings (SSSR count). The summed E-state index contributed by atoms with van der Waals surface area (Å²) in [4.78, 5) is 24.4. The number of nitrogens with one attached hydrogen (secondary N) is 1. The monoisotopic (exact) mass is 384 g/mol. The third-order valence-corrected chi connectivity index (χ3v) is 4.84. The summed E-state index contributed by atoms with van der Waals surface area (Å²) in [6.07, 6.45) is 5.50. The van der Waals surface area contributed by atoms with Gasteiger partial charge in [-0.05, 0) is 53.1 Å². The first-order valence-corrected chi connectivity index (χ1v) is 9.44. The molecule has 1 N–H and O–H groups in total. The van der Waals surface area contributed by atoms with Crippen LogP contribution in [-0.2, 0) is 6.54 Å². The molecule has 1 amide bonds. The lowest BCUT2D eigenvalue weighted by atomic mass is 10.0. The molecular formula is C23H20N4O2. The molecule has 0 saturated heterocycles. The van der Waals surface area contributed by atoms with Crippen molar-refractivity contribution < 1.29 is 9.59 Å². The van der Waals surface area contributed by atoms with Gasteiger partial charge >= 0.3 is 0 Å². The highest BCUT2D eigenvalue weighted by Gasteiger charge is 2.09. The molecule has 2 aromatic heterocycles. The van der Waals surface area contributed by atoms with Crippen LogP contribution in [0.5, 0.6) is 0 Å². The Hall–Kier alpha value is -3.80. The Morgan fingerprint density at radius 2 is 1.76 bits per heavy atom. The standard InChI is InChI=1S/C23H20N4O2/c1-2-22(28)27-12-10-20-13-19(7-8-21(20)27)17-3-5-18(6-4-17)23(29)24-14-16-9-11-25-26-15-16/h3-13,15H,2,14H2,1H3,(H,24,29). The molecule has 6 heteroatoms. The lowest BCUT2D eigenvalue weighted by Gasteiger charge is -2.07. The van der Waals surface area contributed by atoms with Gasteiger partial charge in [0.2, 0.25) is 5.91 Å². The minimum Gasteiger partial charge on any atom is -0.348 e. The van der Waals surface area contributed by atoms with Crippen molar-refractivity contribution in [2.45, 2.75) is 19.9 Å². The zero-order chi connectivity index (χ0) is 20.2. The van der Waals surface area contributed by atoms with Gasteiger partial charge < -0.3 is 5.32 Å². The highest BCUT2D eigenvalue weighted by molar-refractivity contribution is 5.96. The summed E-state index contributed by atoms with van der Waals surface area (Å²) < 4.78 is 1.69. The number of carbonyl (C=O) groups excluding carboxylic acids is 2. The maximum absolute atomic E-state index is 12.4.